The number of aryl methyl sites for hydroxylation is 1. The minimum Gasteiger partial charge on any atom is -0.496 e. The number of aromatic nitrogens is 2. The predicted molar refractivity (Wildman–Crippen MR) is 81.2 cm³/mol. The number of fused-ring (bicyclic) bond motifs is 1. The Balaban J connectivity index is 2.33. The van der Waals surface area contributed by atoms with Crippen LogP contribution in [-0.2, 0) is 0 Å². The Hall–Kier alpha value is -2.20. The van der Waals surface area contributed by atoms with Crippen LogP contribution >= 0.6 is 11.6 Å². The zero-order valence-corrected chi connectivity index (χ0v) is 12.3. The third kappa shape index (κ3) is 2.32. The second-order valence-electron chi connectivity index (χ2n) is 4.63. The van der Waals surface area contributed by atoms with Crippen molar-refractivity contribution in [3.8, 4) is 17.1 Å². The van der Waals surface area contributed by atoms with Gasteiger partial charge in [-0.25, -0.2) is 14.4 Å². The van der Waals surface area contributed by atoms with Gasteiger partial charge in [0.1, 0.15) is 16.7 Å². The van der Waals surface area contributed by atoms with E-state index >= 15 is 0 Å². The molecule has 0 aliphatic carbocycles. The smallest absolute Gasteiger partial charge is 0.165 e. The summed E-state index contributed by atoms with van der Waals surface area (Å²) in [5, 5.41) is 0.345. The maximum absolute atomic E-state index is 13.9. The van der Waals surface area contributed by atoms with Crippen molar-refractivity contribution in [2.75, 3.05) is 7.11 Å². The zero-order chi connectivity index (χ0) is 15.0. The minimum atomic E-state index is -0.424. The molecule has 0 saturated heterocycles. The summed E-state index contributed by atoms with van der Waals surface area (Å²) in [5.41, 5.74) is 2.07. The number of halogens is 2. The van der Waals surface area contributed by atoms with Crippen molar-refractivity contribution >= 4 is 22.5 Å². The van der Waals surface area contributed by atoms with Crippen molar-refractivity contribution in [3.63, 3.8) is 0 Å². The maximum Gasteiger partial charge on any atom is 0.165 e. The molecule has 0 radical (unpaired) electrons. The van der Waals surface area contributed by atoms with Gasteiger partial charge in [-0.05, 0) is 30.7 Å². The highest BCUT2D eigenvalue weighted by atomic mass is 35.5. The Labute approximate surface area is 126 Å². The molecular formula is C16H12ClFN2O. The molecule has 0 aliphatic heterocycles. The van der Waals surface area contributed by atoms with Crippen molar-refractivity contribution in [2.24, 2.45) is 0 Å². The van der Waals surface area contributed by atoms with Gasteiger partial charge in [0.2, 0.25) is 0 Å². The van der Waals surface area contributed by atoms with Crippen LogP contribution in [0.5, 0.6) is 5.75 Å². The van der Waals surface area contributed by atoms with Crippen LogP contribution in [0.3, 0.4) is 0 Å². The van der Waals surface area contributed by atoms with Gasteiger partial charge in [-0.3, -0.25) is 0 Å². The number of para-hydroxylation sites is 1. The van der Waals surface area contributed by atoms with Crippen LogP contribution in [0.2, 0.25) is 5.15 Å². The van der Waals surface area contributed by atoms with Gasteiger partial charge in [-0.15, -0.1) is 0 Å². The van der Waals surface area contributed by atoms with Crippen LogP contribution in [0.15, 0.2) is 36.4 Å². The molecule has 3 rings (SSSR count). The van der Waals surface area contributed by atoms with Gasteiger partial charge in [0.15, 0.2) is 5.82 Å². The second-order valence-corrected chi connectivity index (χ2v) is 4.98. The standard InChI is InChI=1S/C16H12ClFN2O/c1-9-7-8-11(18)13-14(9)19-16(20-15(13)17)10-5-3-4-6-12(10)21-2/h3-8H,1-2H3. The fraction of sp³-hybridized carbons (Fsp3) is 0.125. The lowest BCUT2D eigenvalue weighted by molar-refractivity contribution is 0.416. The summed E-state index contributed by atoms with van der Waals surface area (Å²) < 4.78 is 19.2. The van der Waals surface area contributed by atoms with Gasteiger partial charge in [0, 0.05) is 0 Å². The molecule has 5 heteroatoms. The average molecular weight is 303 g/mol. The van der Waals surface area contributed by atoms with E-state index in [4.69, 9.17) is 16.3 Å². The molecule has 1 heterocycles. The normalized spacial score (nSPS) is 10.9. The molecular weight excluding hydrogens is 291 g/mol. The zero-order valence-electron chi connectivity index (χ0n) is 11.5. The van der Waals surface area contributed by atoms with E-state index in [0.29, 0.717) is 22.7 Å². The Morgan fingerprint density at radius 1 is 1.10 bits per heavy atom. The van der Waals surface area contributed by atoms with Gasteiger partial charge in [-0.1, -0.05) is 29.8 Å². The summed E-state index contributed by atoms with van der Waals surface area (Å²) in [6.45, 7) is 1.86. The molecule has 0 atom stereocenters. The van der Waals surface area contributed by atoms with Crippen LogP contribution in [0.4, 0.5) is 4.39 Å². The predicted octanol–water partition coefficient (Wildman–Crippen LogP) is 4.41. The summed E-state index contributed by atoms with van der Waals surface area (Å²) in [6, 6.07) is 10.4. The fourth-order valence-electron chi connectivity index (χ4n) is 2.24. The number of methoxy groups -OCH3 is 1. The van der Waals surface area contributed by atoms with E-state index in [1.807, 2.05) is 31.2 Å². The Morgan fingerprint density at radius 3 is 2.62 bits per heavy atom. The van der Waals surface area contributed by atoms with E-state index in [9.17, 15) is 4.39 Å². The summed E-state index contributed by atoms with van der Waals surface area (Å²) in [4.78, 5) is 8.68. The van der Waals surface area contributed by atoms with Gasteiger partial charge >= 0.3 is 0 Å². The Kier molecular flexibility index (Phi) is 3.47. The molecule has 1 aromatic heterocycles. The number of benzene rings is 2. The first kappa shape index (κ1) is 13.8. The maximum atomic E-state index is 13.9. The molecule has 0 amide bonds. The molecule has 2 aromatic carbocycles. The van der Waals surface area contributed by atoms with Crippen LogP contribution in [-0.4, -0.2) is 17.1 Å². The highest BCUT2D eigenvalue weighted by Gasteiger charge is 2.15. The van der Waals surface area contributed by atoms with Gasteiger partial charge in [0.25, 0.3) is 0 Å². The van der Waals surface area contributed by atoms with E-state index in [-0.39, 0.29) is 10.5 Å². The number of ether oxygens (including phenoxy) is 1. The molecule has 3 nitrogen and oxygen atoms in total. The van der Waals surface area contributed by atoms with E-state index < -0.39 is 5.82 Å². The molecule has 3 aromatic rings. The summed E-state index contributed by atoms with van der Waals surface area (Å²) >= 11 is 6.15. The van der Waals surface area contributed by atoms with E-state index in [1.165, 1.54) is 6.07 Å². The SMILES string of the molecule is COc1ccccc1-c1nc(Cl)c2c(F)ccc(C)c2n1. The van der Waals surface area contributed by atoms with E-state index in [2.05, 4.69) is 9.97 Å². The quantitative estimate of drug-likeness (QED) is 0.658. The second kappa shape index (κ2) is 5.30. The number of rotatable bonds is 2. The molecule has 106 valence electrons. The summed E-state index contributed by atoms with van der Waals surface area (Å²) in [7, 11) is 1.58. The topological polar surface area (TPSA) is 35.0 Å². The lowest BCUT2D eigenvalue weighted by atomic mass is 10.1. The van der Waals surface area contributed by atoms with Gasteiger partial charge in [0.05, 0.1) is 23.6 Å². The van der Waals surface area contributed by atoms with E-state index in [1.54, 1.807) is 13.2 Å². The largest absolute Gasteiger partial charge is 0.496 e. The van der Waals surface area contributed by atoms with Gasteiger partial charge < -0.3 is 4.74 Å². The third-order valence-electron chi connectivity index (χ3n) is 3.30. The number of hydrogen-bond acceptors (Lipinski definition) is 3. The Bertz CT molecular complexity index is 836. The van der Waals surface area contributed by atoms with Crippen molar-refractivity contribution in [1.29, 1.82) is 0 Å². The van der Waals surface area contributed by atoms with E-state index in [0.717, 1.165) is 5.56 Å². The number of hydrogen-bond donors (Lipinski definition) is 0. The van der Waals surface area contributed by atoms with Gasteiger partial charge in [-0.2, -0.15) is 0 Å². The first-order valence-electron chi connectivity index (χ1n) is 6.37. The highest BCUT2D eigenvalue weighted by Crippen LogP contribution is 2.32. The highest BCUT2D eigenvalue weighted by molar-refractivity contribution is 6.34. The lowest BCUT2D eigenvalue weighted by Crippen LogP contribution is -1.97. The average Bonchev–Trinajstić information content (AvgIpc) is 2.50. The molecule has 21 heavy (non-hydrogen) atoms. The van der Waals surface area contributed by atoms with Crippen LogP contribution < -0.4 is 4.74 Å². The third-order valence-corrected chi connectivity index (χ3v) is 3.58. The van der Waals surface area contributed by atoms with Crippen LogP contribution in [0.25, 0.3) is 22.3 Å². The van der Waals surface area contributed by atoms with Crippen LogP contribution in [0, 0.1) is 12.7 Å². The molecule has 0 bridgehead atoms. The molecule has 0 saturated carbocycles. The lowest BCUT2D eigenvalue weighted by Gasteiger charge is -2.10. The molecule has 0 unspecified atom stereocenters. The van der Waals surface area contributed by atoms with Crippen molar-refractivity contribution < 1.29 is 9.13 Å². The summed E-state index contributed by atoms with van der Waals surface area (Å²) in [5.74, 6) is 0.632. The summed E-state index contributed by atoms with van der Waals surface area (Å²) in [6.07, 6.45) is 0. The molecule has 0 aliphatic rings. The van der Waals surface area contributed by atoms with Crippen molar-refractivity contribution in [2.45, 2.75) is 6.92 Å². The fourth-order valence-corrected chi connectivity index (χ4v) is 2.50. The van der Waals surface area contributed by atoms with Crippen molar-refractivity contribution in [1.82, 2.24) is 9.97 Å². The Morgan fingerprint density at radius 2 is 1.86 bits per heavy atom. The first-order chi connectivity index (χ1) is 10.1. The molecule has 0 N–H and O–H groups in total. The number of nitrogens with zero attached hydrogens (tertiary/aromatic N) is 2. The van der Waals surface area contributed by atoms with Crippen molar-refractivity contribution in [3.05, 3.63) is 52.9 Å². The monoisotopic (exact) mass is 302 g/mol. The minimum absolute atomic E-state index is 0.0992. The molecule has 0 spiro atoms. The molecule has 0 fully saturated rings. The van der Waals surface area contributed by atoms with Crippen LogP contribution in [0.1, 0.15) is 5.56 Å². The first-order valence-corrected chi connectivity index (χ1v) is 6.75.